The molecule has 0 aromatic heterocycles. The largest absolute Gasteiger partial charge is 0.392 e. The molecule has 0 bridgehead atoms. The van der Waals surface area contributed by atoms with Crippen LogP contribution >= 0.6 is 0 Å². The van der Waals surface area contributed by atoms with E-state index in [1.807, 2.05) is 6.08 Å². The van der Waals surface area contributed by atoms with Gasteiger partial charge >= 0.3 is 0 Å². The molecule has 0 aromatic rings. The van der Waals surface area contributed by atoms with Gasteiger partial charge in [-0.05, 0) is 43.4 Å². The minimum absolute atomic E-state index is 0.190. The SMILES string of the molecule is C/C(=C\CO)CCC1C(C)CCCC1(C)C. The molecular weight excluding hydrogens is 196 g/mol. The highest BCUT2D eigenvalue weighted by Gasteiger charge is 2.35. The molecule has 0 aliphatic heterocycles. The Kier molecular flexibility index (Phi) is 5.04. The zero-order valence-corrected chi connectivity index (χ0v) is 11.4. The van der Waals surface area contributed by atoms with E-state index < -0.39 is 0 Å². The van der Waals surface area contributed by atoms with Gasteiger partial charge in [-0.1, -0.05) is 45.3 Å². The molecule has 1 N–H and O–H groups in total. The summed E-state index contributed by atoms with van der Waals surface area (Å²) in [6.45, 7) is 9.60. The maximum Gasteiger partial charge on any atom is 0.0614 e. The van der Waals surface area contributed by atoms with Crippen LogP contribution in [-0.2, 0) is 0 Å². The molecule has 1 aliphatic carbocycles. The van der Waals surface area contributed by atoms with Crippen LogP contribution in [0.15, 0.2) is 11.6 Å². The summed E-state index contributed by atoms with van der Waals surface area (Å²) in [7, 11) is 0. The number of aliphatic hydroxyl groups is 1. The fraction of sp³-hybridized carbons (Fsp3) is 0.867. The Labute approximate surface area is 101 Å². The zero-order chi connectivity index (χ0) is 12.2. The summed E-state index contributed by atoms with van der Waals surface area (Å²) < 4.78 is 0. The van der Waals surface area contributed by atoms with Crippen molar-refractivity contribution in [3.05, 3.63) is 11.6 Å². The average molecular weight is 224 g/mol. The minimum Gasteiger partial charge on any atom is -0.392 e. The smallest absolute Gasteiger partial charge is 0.0614 e. The first-order valence-electron chi connectivity index (χ1n) is 6.74. The van der Waals surface area contributed by atoms with Crippen LogP contribution in [0.1, 0.15) is 59.8 Å². The van der Waals surface area contributed by atoms with E-state index in [4.69, 9.17) is 5.11 Å². The van der Waals surface area contributed by atoms with E-state index in [2.05, 4.69) is 27.7 Å². The highest BCUT2D eigenvalue weighted by atomic mass is 16.2. The molecule has 16 heavy (non-hydrogen) atoms. The van der Waals surface area contributed by atoms with E-state index in [-0.39, 0.29) is 6.61 Å². The van der Waals surface area contributed by atoms with E-state index in [1.165, 1.54) is 31.3 Å². The topological polar surface area (TPSA) is 20.2 Å². The van der Waals surface area contributed by atoms with Crippen LogP contribution in [0.3, 0.4) is 0 Å². The third kappa shape index (κ3) is 3.62. The van der Waals surface area contributed by atoms with Gasteiger partial charge in [-0.3, -0.25) is 0 Å². The standard InChI is InChI=1S/C15H28O/c1-12(9-11-16)7-8-14-13(2)6-5-10-15(14,3)4/h9,13-14,16H,5-8,10-11H2,1-4H3/b12-9+. The quantitative estimate of drug-likeness (QED) is 0.711. The average Bonchev–Trinajstić information content (AvgIpc) is 2.16. The summed E-state index contributed by atoms with van der Waals surface area (Å²) in [6, 6.07) is 0. The number of rotatable bonds is 4. The van der Waals surface area contributed by atoms with Crippen molar-refractivity contribution >= 4 is 0 Å². The monoisotopic (exact) mass is 224 g/mol. The van der Waals surface area contributed by atoms with Crippen LogP contribution in [0.25, 0.3) is 0 Å². The molecule has 0 spiro atoms. The van der Waals surface area contributed by atoms with E-state index in [9.17, 15) is 0 Å². The van der Waals surface area contributed by atoms with Gasteiger partial charge in [-0.2, -0.15) is 0 Å². The highest BCUT2D eigenvalue weighted by Crippen LogP contribution is 2.46. The Hall–Kier alpha value is -0.300. The number of aliphatic hydroxyl groups excluding tert-OH is 1. The molecule has 1 aliphatic rings. The Balaban J connectivity index is 2.53. The van der Waals surface area contributed by atoms with Crippen LogP contribution in [0.2, 0.25) is 0 Å². The third-order valence-electron chi connectivity index (χ3n) is 4.46. The first-order chi connectivity index (χ1) is 7.47. The van der Waals surface area contributed by atoms with Crippen molar-refractivity contribution in [3.8, 4) is 0 Å². The van der Waals surface area contributed by atoms with Crippen LogP contribution in [0.4, 0.5) is 0 Å². The van der Waals surface area contributed by atoms with Crippen LogP contribution in [-0.4, -0.2) is 11.7 Å². The molecule has 0 radical (unpaired) electrons. The molecule has 0 saturated heterocycles. The van der Waals surface area contributed by atoms with Crippen LogP contribution in [0.5, 0.6) is 0 Å². The number of allylic oxidation sites excluding steroid dienone is 1. The molecule has 0 aromatic carbocycles. The molecule has 0 heterocycles. The molecule has 1 nitrogen and oxygen atoms in total. The Morgan fingerprint density at radius 3 is 2.69 bits per heavy atom. The molecule has 1 fully saturated rings. The van der Waals surface area contributed by atoms with Crippen molar-refractivity contribution in [2.45, 2.75) is 59.8 Å². The van der Waals surface area contributed by atoms with Gasteiger partial charge in [0.25, 0.3) is 0 Å². The Bertz CT molecular complexity index is 240. The lowest BCUT2D eigenvalue weighted by Crippen LogP contribution is -2.33. The van der Waals surface area contributed by atoms with Crippen LogP contribution < -0.4 is 0 Å². The van der Waals surface area contributed by atoms with Gasteiger partial charge in [0, 0.05) is 0 Å². The second kappa shape index (κ2) is 5.86. The van der Waals surface area contributed by atoms with Gasteiger partial charge < -0.3 is 5.11 Å². The lowest BCUT2D eigenvalue weighted by atomic mass is 9.62. The van der Waals surface area contributed by atoms with E-state index in [0.717, 1.165) is 18.3 Å². The molecule has 1 saturated carbocycles. The van der Waals surface area contributed by atoms with E-state index in [0.29, 0.717) is 5.41 Å². The molecule has 2 unspecified atom stereocenters. The summed E-state index contributed by atoms with van der Waals surface area (Å²) in [5.74, 6) is 1.72. The molecule has 1 rings (SSSR count). The number of hydrogen-bond acceptors (Lipinski definition) is 1. The lowest BCUT2D eigenvalue weighted by Gasteiger charge is -2.43. The summed E-state index contributed by atoms with van der Waals surface area (Å²) in [5.41, 5.74) is 1.85. The van der Waals surface area contributed by atoms with Gasteiger partial charge in [0.1, 0.15) is 0 Å². The first kappa shape index (κ1) is 13.8. The van der Waals surface area contributed by atoms with Crippen molar-refractivity contribution in [2.75, 3.05) is 6.61 Å². The second-order valence-electron chi connectivity index (χ2n) is 6.24. The summed E-state index contributed by atoms with van der Waals surface area (Å²) in [5, 5.41) is 8.85. The van der Waals surface area contributed by atoms with Gasteiger partial charge in [0.05, 0.1) is 6.61 Å². The molecular formula is C15H28O. The molecule has 1 heteroatoms. The first-order valence-corrected chi connectivity index (χ1v) is 6.74. The van der Waals surface area contributed by atoms with Crippen molar-refractivity contribution in [3.63, 3.8) is 0 Å². The van der Waals surface area contributed by atoms with Crippen molar-refractivity contribution < 1.29 is 5.11 Å². The van der Waals surface area contributed by atoms with Crippen molar-refractivity contribution in [2.24, 2.45) is 17.3 Å². The normalized spacial score (nSPS) is 30.4. The van der Waals surface area contributed by atoms with Crippen molar-refractivity contribution in [1.29, 1.82) is 0 Å². The maximum atomic E-state index is 8.85. The van der Waals surface area contributed by atoms with E-state index >= 15 is 0 Å². The van der Waals surface area contributed by atoms with E-state index in [1.54, 1.807) is 0 Å². The Morgan fingerprint density at radius 1 is 1.44 bits per heavy atom. The summed E-state index contributed by atoms with van der Waals surface area (Å²) >= 11 is 0. The highest BCUT2D eigenvalue weighted by molar-refractivity contribution is 4.99. The molecule has 94 valence electrons. The van der Waals surface area contributed by atoms with Gasteiger partial charge in [0.15, 0.2) is 0 Å². The maximum absolute atomic E-state index is 8.85. The minimum atomic E-state index is 0.190. The summed E-state index contributed by atoms with van der Waals surface area (Å²) in [4.78, 5) is 0. The van der Waals surface area contributed by atoms with Gasteiger partial charge in [0.2, 0.25) is 0 Å². The third-order valence-corrected chi connectivity index (χ3v) is 4.46. The fourth-order valence-corrected chi connectivity index (χ4v) is 3.35. The Morgan fingerprint density at radius 2 is 2.12 bits per heavy atom. The number of hydrogen-bond donors (Lipinski definition) is 1. The molecule has 2 atom stereocenters. The second-order valence-corrected chi connectivity index (χ2v) is 6.24. The zero-order valence-electron chi connectivity index (χ0n) is 11.4. The van der Waals surface area contributed by atoms with Gasteiger partial charge in [-0.25, -0.2) is 0 Å². The lowest BCUT2D eigenvalue weighted by molar-refractivity contribution is 0.0767. The van der Waals surface area contributed by atoms with Crippen LogP contribution in [0, 0.1) is 17.3 Å². The van der Waals surface area contributed by atoms with Crippen molar-refractivity contribution in [1.82, 2.24) is 0 Å². The van der Waals surface area contributed by atoms with Gasteiger partial charge in [-0.15, -0.1) is 0 Å². The molecule has 0 amide bonds. The predicted octanol–water partition coefficient (Wildman–Crippen LogP) is 4.17. The predicted molar refractivity (Wildman–Crippen MR) is 70.4 cm³/mol. The fourth-order valence-electron chi connectivity index (χ4n) is 3.35. The summed E-state index contributed by atoms with van der Waals surface area (Å²) in [6.07, 6.45) is 8.56.